The van der Waals surface area contributed by atoms with E-state index in [0.29, 0.717) is 0 Å². The molecule has 0 saturated heterocycles. The molecule has 0 rings (SSSR count). The molecule has 0 saturated carbocycles. The van der Waals surface area contributed by atoms with Gasteiger partial charge in [-0.25, -0.2) is 9.59 Å². The third kappa shape index (κ3) is 5.92. The van der Waals surface area contributed by atoms with E-state index >= 15 is 0 Å². The maximum Gasteiger partial charge on any atom is 0.391 e. The molecule has 0 aromatic carbocycles. The number of ether oxygens (including phenoxy) is 2. The molecular formula is C15H16O6. The van der Waals surface area contributed by atoms with Crippen LogP contribution in [0.5, 0.6) is 0 Å². The molecule has 1 atom stereocenters. The average Bonchev–Trinajstić information content (AvgIpc) is 2.43. The van der Waals surface area contributed by atoms with E-state index < -0.39 is 29.3 Å². The Balaban J connectivity index is 4.53. The van der Waals surface area contributed by atoms with Crippen LogP contribution in [0.25, 0.3) is 0 Å². The second kappa shape index (κ2) is 7.86. The highest BCUT2D eigenvalue weighted by atomic mass is 16.6. The Hall–Kier alpha value is -2.60. The predicted molar refractivity (Wildman–Crippen MR) is 72.0 cm³/mol. The minimum absolute atomic E-state index is 0.103. The SMILES string of the molecule is C#CC(=O)OC(=O)CCC(C)C(C)(C)C(=O)OC(=O)C#C. The summed E-state index contributed by atoms with van der Waals surface area (Å²) >= 11 is 0. The largest absolute Gasteiger partial charge is 0.391 e. The molecule has 6 nitrogen and oxygen atoms in total. The van der Waals surface area contributed by atoms with Gasteiger partial charge in [0.1, 0.15) is 0 Å². The second-order valence-electron chi connectivity index (χ2n) is 4.89. The van der Waals surface area contributed by atoms with Crippen molar-refractivity contribution in [3.8, 4) is 24.7 Å². The molecule has 0 aromatic rings. The number of carbonyl (C=O) groups excluding carboxylic acids is 4. The van der Waals surface area contributed by atoms with Crippen LogP contribution in [0.1, 0.15) is 33.6 Å². The van der Waals surface area contributed by atoms with Crippen molar-refractivity contribution in [2.75, 3.05) is 0 Å². The van der Waals surface area contributed by atoms with Gasteiger partial charge < -0.3 is 9.47 Å². The van der Waals surface area contributed by atoms with Crippen molar-refractivity contribution in [2.24, 2.45) is 11.3 Å². The standard InChI is InChI=1S/C15H16O6/c1-6-11(16)20-13(18)9-8-10(3)15(4,5)14(19)21-12(17)7-2/h1-2,10H,8-9H2,3-5H3. The molecule has 0 N–H and O–H groups in total. The molecular weight excluding hydrogens is 276 g/mol. The first kappa shape index (κ1) is 18.4. The van der Waals surface area contributed by atoms with Gasteiger partial charge in [0.25, 0.3) is 0 Å². The zero-order valence-electron chi connectivity index (χ0n) is 12.1. The third-order valence-corrected chi connectivity index (χ3v) is 3.17. The zero-order chi connectivity index (χ0) is 16.6. The van der Waals surface area contributed by atoms with E-state index in [4.69, 9.17) is 12.8 Å². The molecule has 1 unspecified atom stereocenters. The highest BCUT2D eigenvalue weighted by Crippen LogP contribution is 2.31. The van der Waals surface area contributed by atoms with Crippen molar-refractivity contribution in [1.82, 2.24) is 0 Å². The van der Waals surface area contributed by atoms with Gasteiger partial charge in [-0.2, -0.15) is 0 Å². The molecule has 0 heterocycles. The molecule has 0 aliphatic rings. The monoisotopic (exact) mass is 292 g/mol. The van der Waals surface area contributed by atoms with Crippen molar-refractivity contribution in [3.63, 3.8) is 0 Å². The summed E-state index contributed by atoms with van der Waals surface area (Å²) in [6, 6.07) is 0. The van der Waals surface area contributed by atoms with Gasteiger partial charge in [-0.15, -0.1) is 12.8 Å². The summed E-state index contributed by atoms with van der Waals surface area (Å²) in [6.07, 6.45) is 9.71. The van der Waals surface area contributed by atoms with Crippen LogP contribution in [0.4, 0.5) is 0 Å². The van der Waals surface area contributed by atoms with Gasteiger partial charge in [-0.05, 0) is 26.2 Å². The quantitative estimate of drug-likeness (QED) is 0.323. The van der Waals surface area contributed by atoms with Gasteiger partial charge in [-0.3, -0.25) is 9.59 Å². The first-order chi connectivity index (χ1) is 9.64. The lowest BCUT2D eigenvalue weighted by Gasteiger charge is -2.28. The van der Waals surface area contributed by atoms with Crippen molar-refractivity contribution >= 4 is 23.9 Å². The number of hydrogen-bond donors (Lipinski definition) is 0. The molecule has 112 valence electrons. The van der Waals surface area contributed by atoms with Crippen molar-refractivity contribution in [1.29, 1.82) is 0 Å². The van der Waals surface area contributed by atoms with E-state index in [1.807, 2.05) is 0 Å². The molecule has 0 aromatic heterocycles. The fraction of sp³-hybridized carbons (Fsp3) is 0.467. The van der Waals surface area contributed by atoms with Gasteiger partial charge in [0.05, 0.1) is 5.41 Å². The second-order valence-corrected chi connectivity index (χ2v) is 4.89. The fourth-order valence-corrected chi connectivity index (χ4v) is 1.33. The molecule has 0 amide bonds. The van der Waals surface area contributed by atoms with E-state index in [0.717, 1.165) is 0 Å². The van der Waals surface area contributed by atoms with E-state index in [2.05, 4.69) is 9.47 Å². The molecule has 0 aliphatic carbocycles. The molecule has 6 heteroatoms. The van der Waals surface area contributed by atoms with Gasteiger partial charge in [0.15, 0.2) is 0 Å². The first-order valence-electron chi connectivity index (χ1n) is 6.09. The molecule has 0 aliphatic heterocycles. The Bertz CT molecular complexity index is 529. The Morgan fingerprint density at radius 2 is 1.52 bits per heavy atom. The molecule has 0 spiro atoms. The van der Waals surface area contributed by atoms with Gasteiger partial charge in [0, 0.05) is 18.3 Å². The number of esters is 4. The fourth-order valence-electron chi connectivity index (χ4n) is 1.33. The summed E-state index contributed by atoms with van der Waals surface area (Å²) < 4.78 is 8.76. The van der Waals surface area contributed by atoms with Crippen LogP contribution in [0.2, 0.25) is 0 Å². The summed E-state index contributed by atoms with van der Waals surface area (Å²) in [5, 5.41) is 0. The molecule has 0 radical (unpaired) electrons. The number of hydrogen-bond acceptors (Lipinski definition) is 6. The number of rotatable bonds is 5. The van der Waals surface area contributed by atoms with E-state index in [-0.39, 0.29) is 18.8 Å². The maximum atomic E-state index is 11.8. The van der Waals surface area contributed by atoms with Gasteiger partial charge >= 0.3 is 23.9 Å². The van der Waals surface area contributed by atoms with Crippen LogP contribution in [0.3, 0.4) is 0 Å². The van der Waals surface area contributed by atoms with Crippen molar-refractivity contribution in [2.45, 2.75) is 33.6 Å². The Morgan fingerprint density at radius 3 is 2.00 bits per heavy atom. The Kier molecular flexibility index (Phi) is 6.89. The number of carbonyl (C=O) groups is 4. The molecule has 0 bridgehead atoms. The lowest BCUT2D eigenvalue weighted by molar-refractivity contribution is -0.166. The number of terminal acetylenes is 2. The molecule has 0 fully saturated rings. The lowest BCUT2D eigenvalue weighted by atomic mass is 9.77. The summed E-state index contributed by atoms with van der Waals surface area (Å²) in [7, 11) is 0. The van der Waals surface area contributed by atoms with Crippen LogP contribution < -0.4 is 0 Å². The zero-order valence-corrected chi connectivity index (χ0v) is 12.1. The lowest BCUT2D eigenvalue weighted by Crippen LogP contribution is -2.34. The predicted octanol–water partition coefficient (Wildman–Crippen LogP) is 0.835. The van der Waals surface area contributed by atoms with Crippen LogP contribution >= 0.6 is 0 Å². The first-order valence-corrected chi connectivity index (χ1v) is 6.09. The third-order valence-electron chi connectivity index (χ3n) is 3.17. The topological polar surface area (TPSA) is 86.7 Å². The minimum atomic E-state index is -1.07. The van der Waals surface area contributed by atoms with E-state index in [1.165, 1.54) is 0 Å². The van der Waals surface area contributed by atoms with Crippen LogP contribution in [0.15, 0.2) is 0 Å². The summed E-state index contributed by atoms with van der Waals surface area (Å²) in [6.45, 7) is 4.81. The van der Waals surface area contributed by atoms with Crippen LogP contribution in [-0.2, 0) is 28.7 Å². The average molecular weight is 292 g/mol. The Morgan fingerprint density at radius 1 is 1.05 bits per heavy atom. The van der Waals surface area contributed by atoms with Gasteiger partial charge in [0.2, 0.25) is 0 Å². The smallest absolute Gasteiger partial charge is 0.383 e. The normalized spacial score (nSPS) is 11.5. The summed E-state index contributed by atoms with van der Waals surface area (Å²) in [5.41, 5.74) is -1.04. The van der Waals surface area contributed by atoms with Crippen LogP contribution in [-0.4, -0.2) is 23.9 Å². The highest BCUT2D eigenvalue weighted by Gasteiger charge is 2.36. The summed E-state index contributed by atoms with van der Waals surface area (Å²) in [5.74, 6) is -0.713. The van der Waals surface area contributed by atoms with Crippen molar-refractivity contribution in [3.05, 3.63) is 0 Å². The van der Waals surface area contributed by atoms with E-state index in [9.17, 15) is 19.2 Å². The minimum Gasteiger partial charge on any atom is -0.383 e. The Labute approximate surface area is 123 Å². The van der Waals surface area contributed by atoms with Gasteiger partial charge in [-0.1, -0.05) is 6.92 Å². The highest BCUT2D eigenvalue weighted by molar-refractivity contribution is 5.97. The maximum absolute atomic E-state index is 11.8. The van der Waals surface area contributed by atoms with Crippen molar-refractivity contribution < 1.29 is 28.7 Å². The van der Waals surface area contributed by atoms with E-state index in [1.54, 1.807) is 32.6 Å². The van der Waals surface area contributed by atoms with Crippen LogP contribution in [0, 0.1) is 36.0 Å². The summed E-state index contributed by atoms with van der Waals surface area (Å²) in [4.78, 5) is 44.7. The molecule has 21 heavy (non-hydrogen) atoms.